The van der Waals surface area contributed by atoms with Gasteiger partial charge in [0.1, 0.15) is 10.6 Å². The summed E-state index contributed by atoms with van der Waals surface area (Å²) in [5.74, 6) is -0.294. The molecule has 0 saturated heterocycles. The van der Waals surface area contributed by atoms with Crippen LogP contribution < -0.4 is 10.1 Å². The van der Waals surface area contributed by atoms with Gasteiger partial charge in [-0.3, -0.25) is 4.79 Å². The van der Waals surface area contributed by atoms with E-state index in [2.05, 4.69) is 5.32 Å². The Labute approximate surface area is 127 Å². The van der Waals surface area contributed by atoms with Crippen molar-refractivity contribution in [2.75, 3.05) is 5.32 Å². The summed E-state index contributed by atoms with van der Waals surface area (Å²) in [7, 11) is 0. The molecule has 1 N–H and O–H groups in total. The molecule has 1 amide bonds. The van der Waals surface area contributed by atoms with Crippen LogP contribution in [0, 0.1) is 0 Å². The Bertz CT molecular complexity index is 538. The lowest BCUT2D eigenvalue weighted by atomic mass is 10.2. The minimum atomic E-state index is -0.893. The van der Waals surface area contributed by atoms with Gasteiger partial charge in [0.2, 0.25) is 5.91 Å². The third-order valence-corrected chi connectivity index (χ3v) is 2.63. The second kappa shape index (κ2) is 6.33. The fourth-order valence-corrected chi connectivity index (χ4v) is 1.77. The van der Waals surface area contributed by atoms with Crippen LogP contribution >= 0.6 is 23.2 Å². The summed E-state index contributed by atoms with van der Waals surface area (Å²) in [5.41, 5.74) is -0.502. The Morgan fingerprint density at radius 2 is 1.80 bits per heavy atom. The van der Waals surface area contributed by atoms with Crippen molar-refractivity contribution in [3.8, 4) is 5.75 Å². The minimum absolute atomic E-state index is 0.0264. The highest BCUT2D eigenvalue weighted by Gasteiger charge is 2.21. The Hall–Kier alpha value is -1.46. The fourth-order valence-electron chi connectivity index (χ4n) is 1.26. The van der Waals surface area contributed by atoms with Crippen LogP contribution in [0.5, 0.6) is 5.75 Å². The van der Waals surface area contributed by atoms with Gasteiger partial charge in [0.05, 0.1) is 10.7 Å². The zero-order valence-corrected chi connectivity index (χ0v) is 13.1. The number of benzene rings is 1. The third kappa shape index (κ3) is 4.90. The van der Waals surface area contributed by atoms with Crippen molar-refractivity contribution in [2.45, 2.75) is 33.3 Å². The number of hydrogen-bond donors (Lipinski definition) is 1. The van der Waals surface area contributed by atoms with E-state index in [0.717, 1.165) is 0 Å². The van der Waals surface area contributed by atoms with Gasteiger partial charge in [-0.25, -0.2) is 4.79 Å². The molecule has 0 aliphatic carbocycles. The maximum atomic E-state index is 11.6. The zero-order chi connectivity index (χ0) is 15.5. The Balaban J connectivity index is 2.97. The van der Waals surface area contributed by atoms with Crippen molar-refractivity contribution in [1.82, 2.24) is 0 Å². The van der Waals surface area contributed by atoms with Crippen LogP contribution in [0.3, 0.4) is 0 Å². The Kier molecular flexibility index (Phi) is 5.25. The number of carbonyl (C=O) groups excluding carboxylic acids is 2. The van der Waals surface area contributed by atoms with Gasteiger partial charge in [-0.05, 0) is 32.9 Å². The number of ether oxygens (including phenoxy) is 2. The first kappa shape index (κ1) is 16.6. The molecule has 0 aromatic heterocycles. The molecular formula is C13H15Cl2NO4. The molecule has 0 radical (unpaired) electrons. The maximum Gasteiger partial charge on any atom is 0.514 e. The number of hydrogen-bond acceptors (Lipinski definition) is 4. The molecular weight excluding hydrogens is 305 g/mol. The predicted octanol–water partition coefficient (Wildman–Crippen LogP) is 4.27. The zero-order valence-electron chi connectivity index (χ0n) is 11.5. The molecule has 0 heterocycles. The average Bonchev–Trinajstić information content (AvgIpc) is 2.25. The summed E-state index contributed by atoms with van der Waals surface area (Å²) < 4.78 is 10.0. The molecule has 1 aromatic rings. The number of halogens is 2. The highest BCUT2D eigenvalue weighted by atomic mass is 35.5. The van der Waals surface area contributed by atoms with Gasteiger partial charge in [-0.1, -0.05) is 23.2 Å². The molecule has 1 aromatic carbocycles. The molecule has 0 unspecified atom stereocenters. The molecule has 0 saturated carbocycles. The van der Waals surface area contributed by atoms with Crippen molar-refractivity contribution >= 4 is 41.0 Å². The summed E-state index contributed by atoms with van der Waals surface area (Å²) in [6.45, 7) is 6.44. The van der Waals surface area contributed by atoms with Crippen LogP contribution in [0.4, 0.5) is 10.5 Å². The van der Waals surface area contributed by atoms with E-state index in [4.69, 9.17) is 32.7 Å². The summed E-state index contributed by atoms with van der Waals surface area (Å²) in [6.07, 6.45) is -0.893. The molecule has 0 atom stereocenters. The second-order valence-corrected chi connectivity index (χ2v) is 5.77. The summed E-state index contributed by atoms with van der Waals surface area (Å²) in [4.78, 5) is 22.7. The molecule has 0 fully saturated rings. The summed E-state index contributed by atoms with van der Waals surface area (Å²) >= 11 is 12.0. The Morgan fingerprint density at radius 1 is 1.20 bits per heavy atom. The molecule has 5 nitrogen and oxygen atoms in total. The van der Waals surface area contributed by atoms with E-state index in [9.17, 15) is 9.59 Å². The summed E-state index contributed by atoms with van der Waals surface area (Å²) in [6, 6.07) is 2.87. The van der Waals surface area contributed by atoms with Crippen LogP contribution in [-0.2, 0) is 9.53 Å². The first-order chi connectivity index (χ1) is 9.10. The molecule has 0 spiro atoms. The van der Waals surface area contributed by atoms with Crippen molar-refractivity contribution in [1.29, 1.82) is 0 Å². The number of carbonyl (C=O) groups is 2. The van der Waals surface area contributed by atoms with Gasteiger partial charge in [-0.2, -0.15) is 0 Å². The van der Waals surface area contributed by atoms with Gasteiger partial charge in [0.25, 0.3) is 0 Å². The largest absolute Gasteiger partial charge is 0.514 e. The monoisotopic (exact) mass is 319 g/mol. The second-order valence-electron chi connectivity index (χ2n) is 4.98. The van der Waals surface area contributed by atoms with Crippen LogP contribution in [0.25, 0.3) is 0 Å². The third-order valence-electron chi connectivity index (χ3n) is 1.94. The normalized spacial score (nSPS) is 10.9. The van der Waals surface area contributed by atoms with Gasteiger partial charge >= 0.3 is 6.16 Å². The van der Waals surface area contributed by atoms with E-state index in [1.165, 1.54) is 19.1 Å². The standard InChI is InChI=1S/C13H15Cl2NO4/c1-7(17)16-11-8(14)5-6-9(10(11)15)19-12(18)20-13(2,3)4/h5-6H,1-4H3,(H,16,17). The van der Waals surface area contributed by atoms with Gasteiger partial charge in [0.15, 0.2) is 5.75 Å². The van der Waals surface area contributed by atoms with Crippen LogP contribution in [0.1, 0.15) is 27.7 Å². The number of anilines is 1. The van der Waals surface area contributed by atoms with Crippen molar-refractivity contribution in [3.05, 3.63) is 22.2 Å². The van der Waals surface area contributed by atoms with E-state index in [1.807, 2.05) is 0 Å². The van der Waals surface area contributed by atoms with E-state index < -0.39 is 11.8 Å². The van der Waals surface area contributed by atoms with Gasteiger partial charge in [0, 0.05) is 6.92 Å². The van der Waals surface area contributed by atoms with E-state index in [0.29, 0.717) is 0 Å². The van der Waals surface area contributed by atoms with Crippen molar-refractivity contribution in [3.63, 3.8) is 0 Å². The molecule has 0 bridgehead atoms. The predicted molar refractivity (Wildman–Crippen MR) is 77.6 cm³/mol. The lowest BCUT2D eigenvalue weighted by Crippen LogP contribution is -2.26. The Morgan fingerprint density at radius 3 is 2.30 bits per heavy atom. The van der Waals surface area contributed by atoms with Crippen molar-refractivity contribution in [2.24, 2.45) is 0 Å². The topological polar surface area (TPSA) is 64.6 Å². The maximum absolute atomic E-state index is 11.6. The van der Waals surface area contributed by atoms with Gasteiger partial charge < -0.3 is 14.8 Å². The fraction of sp³-hybridized carbons (Fsp3) is 0.385. The molecule has 0 aliphatic rings. The van der Waals surface area contributed by atoms with Crippen LogP contribution in [0.2, 0.25) is 10.0 Å². The highest BCUT2D eigenvalue weighted by Crippen LogP contribution is 2.38. The minimum Gasteiger partial charge on any atom is -0.428 e. The van der Waals surface area contributed by atoms with Gasteiger partial charge in [-0.15, -0.1) is 0 Å². The number of rotatable bonds is 2. The average molecular weight is 320 g/mol. The summed E-state index contributed by atoms with van der Waals surface area (Å²) in [5, 5.41) is 2.73. The van der Waals surface area contributed by atoms with E-state index in [1.54, 1.807) is 20.8 Å². The molecule has 7 heteroatoms. The van der Waals surface area contributed by atoms with E-state index in [-0.39, 0.29) is 27.4 Å². The quantitative estimate of drug-likeness (QED) is 0.653. The lowest BCUT2D eigenvalue weighted by molar-refractivity contribution is -0.114. The van der Waals surface area contributed by atoms with Crippen molar-refractivity contribution < 1.29 is 19.1 Å². The van der Waals surface area contributed by atoms with Crippen LogP contribution in [0.15, 0.2) is 12.1 Å². The molecule has 0 aliphatic heterocycles. The first-order valence-corrected chi connectivity index (χ1v) is 6.52. The van der Waals surface area contributed by atoms with E-state index >= 15 is 0 Å². The smallest absolute Gasteiger partial charge is 0.428 e. The highest BCUT2D eigenvalue weighted by molar-refractivity contribution is 6.40. The molecule has 110 valence electrons. The SMILES string of the molecule is CC(=O)Nc1c(Cl)ccc(OC(=O)OC(C)(C)C)c1Cl. The first-order valence-electron chi connectivity index (χ1n) is 5.76. The molecule has 20 heavy (non-hydrogen) atoms. The number of amides is 1. The molecule has 1 rings (SSSR count). The lowest BCUT2D eigenvalue weighted by Gasteiger charge is -2.19. The van der Waals surface area contributed by atoms with Crippen LogP contribution in [-0.4, -0.2) is 17.7 Å². The number of nitrogens with one attached hydrogen (secondary N) is 1.